The lowest BCUT2D eigenvalue weighted by atomic mass is 10.1. The topological polar surface area (TPSA) is 57.6 Å². The highest BCUT2D eigenvalue weighted by molar-refractivity contribution is 5.87. The van der Waals surface area contributed by atoms with Crippen LogP contribution in [0.15, 0.2) is 36.9 Å². The summed E-state index contributed by atoms with van der Waals surface area (Å²) in [6.07, 6.45) is 4.18. The maximum Gasteiger partial charge on any atom is 0.335 e. The number of aromatic carboxylic acids is 1. The van der Waals surface area contributed by atoms with Crippen LogP contribution < -0.4 is 0 Å². The van der Waals surface area contributed by atoms with Gasteiger partial charge in [-0.05, 0) is 30.5 Å². The molecule has 1 aliphatic carbocycles. The van der Waals surface area contributed by atoms with Gasteiger partial charge in [-0.1, -0.05) is 18.2 Å². The van der Waals surface area contributed by atoms with E-state index < -0.39 is 5.97 Å². The molecule has 0 spiro atoms. The van der Waals surface area contributed by atoms with Crippen molar-refractivity contribution in [1.82, 2.24) is 4.90 Å². The lowest BCUT2D eigenvalue weighted by Gasteiger charge is -2.20. The summed E-state index contributed by atoms with van der Waals surface area (Å²) in [5, 5.41) is 8.81. The fourth-order valence-electron chi connectivity index (χ4n) is 2.02. The van der Waals surface area contributed by atoms with E-state index in [-0.39, 0.29) is 11.5 Å². The number of carboxylic acids is 1. The van der Waals surface area contributed by atoms with E-state index in [0.29, 0.717) is 19.0 Å². The molecule has 1 aromatic carbocycles. The normalized spacial score (nSPS) is 13.9. The first-order chi connectivity index (χ1) is 9.11. The van der Waals surface area contributed by atoms with Crippen LogP contribution in [0.1, 0.15) is 28.8 Å². The van der Waals surface area contributed by atoms with Crippen molar-refractivity contribution in [2.24, 2.45) is 0 Å². The molecule has 4 heteroatoms. The highest BCUT2D eigenvalue weighted by Crippen LogP contribution is 2.27. The van der Waals surface area contributed by atoms with E-state index >= 15 is 0 Å². The van der Waals surface area contributed by atoms with Crippen LogP contribution in [0.4, 0.5) is 0 Å². The lowest BCUT2D eigenvalue weighted by Crippen LogP contribution is -2.34. The molecule has 0 atom stereocenters. The highest BCUT2D eigenvalue weighted by atomic mass is 16.4. The van der Waals surface area contributed by atoms with Crippen molar-refractivity contribution >= 4 is 11.9 Å². The molecule has 100 valence electrons. The highest BCUT2D eigenvalue weighted by Gasteiger charge is 2.31. The molecule has 1 amide bonds. The number of amides is 1. The predicted octanol–water partition coefficient (Wildman–Crippen LogP) is 2.10. The summed E-state index contributed by atoms with van der Waals surface area (Å²) < 4.78 is 0. The van der Waals surface area contributed by atoms with Crippen molar-refractivity contribution < 1.29 is 14.7 Å². The van der Waals surface area contributed by atoms with Gasteiger partial charge in [0.2, 0.25) is 5.91 Å². The number of hydrogen-bond donors (Lipinski definition) is 1. The zero-order valence-corrected chi connectivity index (χ0v) is 10.7. The first-order valence-electron chi connectivity index (χ1n) is 6.34. The molecule has 0 aromatic heterocycles. The fraction of sp³-hybridized carbons (Fsp3) is 0.333. The Morgan fingerprint density at radius 1 is 1.32 bits per heavy atom. The van der Waals surface area contributed by atoms with Gasteiger partial charge in [0, 0.05) is 12.6 Å². The molecule has 0 saturated heterocycles. The Bertz CT molecular complexity index is 489. The molecule has 4 nitrogen and oxygen atoms in total. The van der Waals surface area contributed by atoms with Crippen molar-refractivity contribution in [3.8, 4) is 0 Å². The van der Waals surface area contributed by atoms with Gasteiger partial charge in [-0.15, -0.1) is 6.58 Å². The summed E-state index contributed by atoms with van der Waals surface area (Å²) in [6, 6.07) is 6.81. The minimum Gasteiger partial charge on any atom is -0.478 e. The Morgan fingerprint density at radius 3 is 2.42 bits per heavy atom. The predicted molar refractivity (Wildman–Crippen MR) is 72.0 cm³/mol. The van der Waals surface area contributed by atoms with Crippen LogP contribution in [0.5, 0.6) is 0 Å². The van der Waals surface area contributed by atoms with E-state index in [1.807, 2.05) is 4.90 Å². The fourth-order valence-corrected chi connectivity index (χ4v) is 2.02. The van der Waals surface area contributed by atoms with Crippen molar-refractivity contribution in [3.05, 3.63) is 48.0 Å². The van der Waals surface area contributed by atoms with Crippen molar-refractivity contribution in [2.45, 2.75) is 25.3 Å². The smallest absolute Gasteiger partial charge is 0.335 e. The van der Waals surface area contributed by atoms with Crippen LogP contribution in [0.3, 0.4) is 0 Å². The van der Waals surface area contributed by atoms with Gasteiger partial charge in [0.1, 0.15) is 0 Å². The van der Waals surface area contributed by atoms with Crippen molar-refractivity contribution in [1.29, 1.82) is 0 Å². The zero-order chi connectivity index (χ0) is 13.8. The second-order valence-electron chi connectivity index (χ2n) is 4.74. The van der Waals surface area contributed by atoms with E-state index in [0.717, 1.165) is 18.4 Å². The Labute approximate surface area is 112 Å². The SMILES string of the molecule is C=CCN(C(=O)Cc1ccc(C(=O)O)cc1)C1CC1. The van der Waals surface area contributed by atoms with Crippen LogP contribution in [0, 0.1) is 0 Å². The van der Waals surface area contributed by atoms with E-state index in [1.54, 1.807) is 18.2 Å². The zero-order valence-electron chi connectivity index (χ0n) is 10.7. The van der Waals surface area contributed by atoms with Gasteiger partial charge in [-0.25, -0.2) is 4.79 Å². The van der Waals surface area contributed by atoms with E-state index in [9.17, 15) is 9.59 Å². The molecule has 1 N–H and O–H groups in total. The molecule has 1 aromatic rings. The van der Waals surface area contributed by atoms with Crippen molar-refractivity contribution in [2.75, 3.05) is 6.54 Å². The summed E-state index contributed by atoms with van der Waals surface area (Å²) >= 11 is 0. The van der Waals surface area contributed by atoms with E-state index in [4.69, 9.17) is 5.11 Å². The third-order valence-electron chi connectivity index (χ3n) is 3.19. The third kappa shape index (κ3) is 3.44. The van der Waals surface area contributed by atoms with Gasteiger partial charge in [0.25, 0.3) is 0 Å². The van der Waals surface area contributed by atoms with Crippen LogP contribution in [-0.4, -0.2) is 34.5 Å². The molecule has 1 fully saturated rings. The average Bonchev–Trinajstić information content (AvgIpc) is 3.20. The number of hydrogen-bond acceptors (Lipinski definition) is 2. The van der Waals surface area contributed by atoms with Gasteiger partial charge >= 0.3 is 5.97 Å². The number of carbonyl (C=O) groups is 2. The van der Waals surface area contributed by atoms with Gasteiger partial charge in [0.15, 0.2) is 0 Å². The minimum absolute atomic E-state index is 0.0745. The van der Waals surface area contributed by atoms with Gasteiger partial charge in [0.05, 0.1) is 12.0 Å². The number of carbonyl (C=O) groups excluding carboxylic acids is 1. The lowest BCUT2D eigenvalue weighted by molar-refractivity contribution is -0.130. The Hall–Kier alpha value is -2.10. The number of nitrogens with zero attached hydrogens (tertiary/aromatic N) is 1. The monoisotopic (exact) mass is 259 g/mol. The second-order valence-corrected chi connectivity index (χ2v) is 4.74. The molecule has 1 saturated carbocycles. The Kier molecular flexibility index (Phi) is 4.00. The van der Waals surface area contributed by atoms with Crippen molar-refractivity contribution in [3.63, 3.8) is 0 Å². The molecule has 0 bridgehead atoms. The molecule has 0 radical (unpaired) electrons. The van der Waals surface area contributed by atoms with Crippen LogP contribution in [0.2, 0.25) is 0 Å². The van der Waals surface area contributed by atoms with Crippen LogP contribution >= 0.6 is 0 Å². The maximum atomic E-state index is 12.2. The Morgan fingerprint density at radius 2 is 1.95 bits per heavy atom. The molecule has 0 aliphatic heterocycles. The van der Waals surface area contributed by atoms with E-state index in [2.05, 4.69) is 6.58 Å². The van der Waals surface area contributed by atoms with Crippen LogP contribution in [-0.2, 0) is 11.2 Å². The summed E-state index contributed by atoms with van der Waals surface area (Å²) in [5.74, 6) is -0.880. The van der Waals surface area contributed by atoms with Gasteiger partial charge in [-0.2, -0.15) is 0 Å². The second kappa shape index (κ2) is 5.69. The molecule has 19 heavy (non-hydrogen) atoms. The summed E-state index contributed by atoms with van der Waals surface area (Å²) in [6.45, 7) is 4.25. The number of carboxylic acid groups (broad SMARTS) is 1. The number of rotatable bonds is 6. The molecule has 0 heterocycles. The molecule has 0 unspecified atom stereocenters. The average molecular weight is 259 g/mol. The first kappa shape index (κ1) is 13.3. The third-order valence-corrected chi connectivity index (χ3v) is 3.19. The standard InChI is InChI=1S/C15H17NO3/c1-2-9-16(13-7-8-13)14(17)10-11-3-5-12(6-4-11)15(18)19/h2-6,13H,1,7-10H2,(H,18,19). The molecule has 2 rings (SSSR count). The molecular weight excluding hydrogens is 242 g/mol. The Balaban J connectivity index is 2.00. The van der Waals surface area contributed by atoms with Gasteiger partial charge in [-0.3, -0.25) is 4.79 Å². The number of benzene rings is 1. The minimum atomic E-state index is -0.954. The largest absolute Gasteiger partial charge is 0.478 e. The quantitative estimate of drug-likeness (QED) is 0.796. The molecule has 1 aliphatic rings. The van der Waals surface area contributed by atoms with Crippen LogP contribution in [0.25, 0.3) is 0 Å². The maximum absolute atomic E-state index is 12.2. The van der Waals surface area contributed by atoms with Gasteiger partial charge < -0.3 is 10.0 Å². The summed E-state index contributed by atoms with van der Waals surface area (Å²) in [4.78, 5) is 24.7. The molecular formula is C15H17NO3. The summed E-state index contributed by atoms with van der Waals surface area (Å²) in [7, 11) is 0. The van der Waals surface area contributed by atoms with E-state index in [1.165, 1.54) is 12.1 Å². The first-order valence-corrected chi connectivity index (χ1v) is 6.34. The summed E-state index contributed by atoms with van der Waals surface area (Å²) in [5.41, 5.74) is 1.08.